The fourth-order valence-corrected chi connectivity index (χ4v) is 2.98. The van der Waals surface area contributed by atoms with Gasteiger partial charge in [0, 0.05) is 23.7 Å². The average Bonchev–Trinajstić information content (AvgIpc) is 3.09. The van der Waals surface area contributed by atoms with E-state index in [1.165, 1.54) is 11.3 Å². The summed E-state index contributed by atoms with van der Waals surface area (Å²) >= 11 is 1.31. The van der Waals surface area contributed by atoms with Crippen molar-refractivity contribution in [3.63, 3.8) is 0 Å². The molecular weight excluding hydrogens is 334 g/mol. The number of amides is 2. The zero-order chi connectivity index (χ0) is 17.6. The van der Waals surface area contributed by atoms with Gasteiger partial charge in [0.05, 0.1) is 12.1 Å². The molecule has 1 N–H and O–H groups in total. The number of nitrogens with one attached hydrogen (secondary N) is 1. The van der Waals surface area contributed by atoms with Crippen LogP contribution in [-0.2, 0) is 11.2 Å². The van der Waals surface area contributed by atoms with E-state index in [1.54, 1.807) is 41.6 Å². The third-order valence-corrected chi connectivity index (χ3v) is 4.46. The maximum atomic E-state index is 12.4. The first-order chi connectivity index (χ1) is 12.1. The maximum Gasteiger partial charge on any atom is 0.257 e. The van der Waals surface area contributed by atoms with Crippen LogP contribution in [0.1, 0.15) is 16.1 Å². The molecule has 0 aliphatic rings. The molecule has 5 nitrogen and oxygen atoms in total. The highest BCUT2D eigenvalue weighted by Crippen LogP contribution is 2.18. The maximum absolute atomic E-state index is 12.4. The molecule has 0 saturated carbocycles. The standard InChI is InChI=1S/C19H17N3O2S/c1-22(16-10-6-3-7-11-16)17(23)12-15-13-25-19(20-15)21-18(24)14-8-4-2-5-9-14/h2-11,13H,12H2,1H3,(H,20,21,24). The first kappa shape index (κ1) is 16.9. The summed E-state index contributed by atoms with van der Waals surface area (Å²) in [5, 5.41) is 5.03. The number of para-hydroxylation sites is 1. The Kier molecular flexibility index (Phi) is 5.20. The van der Waals surface area contributed by atoms with Crippen LogP contribution >= 0.6 is 11.3 Å². The lowest BCUT2D eigenvalue weighted by Gasteiger charge is -2.16. The number of carbonyl (C=O) groups excluding carboxylic acids is 2. The second-order valence-corrected chi connectivity index (χ2v) is 6.29. The van der Waals surface area contributed by atoms with E-state index >= 15 is 0 Å². The summed E-state index contributed by atoms with van der Waals surface area (Å²) < 4.78 is 0. The van der Waals surface area contributed by atoms with Crippen LogP contribution in [0.25, 0.3) is 0 Å². The van der Waals surface area contributed by atoms with Gasteiger partial charge < -0.3 is 4.90 Å². The molecule has 0 atom stereocenters. The zero-order valence-electron chi connectivity index (χ0n) is 13.7. The molecule has 126 valence electrons. The van der Waals surface area contributed by atoms with Crippen LogP contribution < -0.4 is 10.2 Å². The number of benzene rings is 2. The molecule has 3 aromatic rings. The Balaban J connectivity index is 1.62. The van der Waals surface area contributed by atoms with Crippen LogP contribution in [0.15, 0.2) is 66.0 Å². The van der Waals surface area contributed by atoms with E-state index in [9.17, 15) is 9.59 Å². The van der Waals surface area contributed by atoms with Crippen molar-refractivity contribution in [1.29, 1.82) is 0 Å². The summed E-state index contributed by atoms with van der Waals surface area (Å²) in [6.45, 7) is 0. The van der Waals surface area contributed by atoms with Crippen LogP contribution in [-0.4, -0.2) is 23.8 Å². The summed E-state index contributed by atoms with van der Waals surface area (Å²) in [5.41, 5.74) is 2.04. The highest BCUT2D eigenvalue weighted by molar-refractivity contribution is 7.14. The molecule has 0 bridgehead atoms. The summed E-state index contributed by atoms with van der Waals surface area (Å²) in [5.74, 6) is -0.272. The smallest absolute Gasteiger partial charge is 0.257 e. The number of rotatable bonds is 5. The van der Waals surface area contributed by atoms with Crippen LogP contribution in [0.4, 0.5) is 10.8 Å². The number of thiazole rings is 1. The lowest BCUT2D eigenvalue weighted by atomic mass is 10.2. The Morgan fingerprint density at radius 1 is 1.04 bits per heavy atom. The molecule has 0 aliphatic carbocycles. The molecular formula is C19H17N3O2S. The van der Waals surface area contributed by atoms with Crippen molar-refractivity contribution >= 4 is 34.0 Å². The number of likely N-dealkylation sites (N-methyl/N-ethyl adjacent to an activating group) is 1. The van der Waals surface area contributed by atoms with Crippen molar-refractivity contribution in [1.82, 2.24) is 4.98 Å². The van der Waals surface area contributed by atoms with E-state index in [2.05, 4.69) is 10.3 Å². The van der Waals surface area contributed by atoms with Gasteiger partial charge in [0.25, 0.3) is 5.91 Å². The Bertz CT molecular complexity index is 863. The minimum atomic E-state index is -0.214. The van der Waals surface area contributed by atoms with Crippen LogP contribution in [0.5, 0.6) is 0 Å². The second-order valence-electron chi connectivity index (χ2n) is 5.43. The molecule has 1 heterocycles. The molecule has 6 heteroatoms. The SMILES string of the molecule is CN(C(=O)Cc1csc(NC(=O)c2ccccc2)n1)c1ccccc1. The van der Waals surface area contributed by atoms with Crippen molar-refractivity contribution in [3.05, 3.63) is 77.3 Å². The molecule has 0 unspecified atom stereocenters. The summed E-state index contributed by atoms with van der Waals surface area (Å²) in [4.78, 5) is 30.4. The van der Waals surface area contributed by atoms with Gasteiger partial charge in [-0.05, 0) is 24.3 Å². The van der Waals surface area contributed by atoms with Gasteiger partial charge in [-0.1, -0.05) is 36.4 Å². The molecule has 0 aliphatic heterocycles. The van der Waals surface area contributed by atoms with E-state index in [-0.39, 0.29) is 18.2 Å². The highest BCUT2D eigenvalue weighted by atomic mass is 32.1. The van der Waals surface area contributed by atoms with E-state index in [0.29, 0.717) is 16.4 Å². The molecule has 2 aromatic carbocycles. The van der Waals surface area contributed by atoms with Crippen LogP contribution in [0.3, 0.4) is 0 Å². The molecule has 0 radical (unpaired) electrons. The first-order valence-corrected chi connectivity index (χ1v) is 8.64. The predicted octanol–water partition coefficient (Wildman–Crippen LogP) is 3.60. The van der Waals surface area contributed by atoms with Gasteiger partial charge in [-0.3, -0.25) is 14.9 Å². The van der Waals surface area contributed by atoms with E-state index < -0.39 is 0 Å². The fourth-order valence-electron chi connectivity index (χ4n) is 2.27. The largest absolute Gasteiger partial charge is 0.315 e. The first-order valence-electron chi connectivity index (χ1n) is 7.76. The van der Waals surface area contributed by atoms with Crippen molar-refractivity contribution < 1.29 is 9.59 Å². The monoisotopic (exact) mass is 351 g/mol. The summed E-state index contributed by atoms with van der Waals surface area (Å²) in [7, 11) is 1.74. The molecule has 1 aromatic heterocycles. The zero-order valence-corrected chi connectivity index (χ0v) is 14.5. The third-order valence-electron chi connectivity index (χ3n) is 3.66. The van der Waals surface area contributed by atoms with E-state index in [1.807, 2.05) is 36.4 Å². The van der Waals surface area contributed by atoms with Crippen LogP contribution in [0, 0.1) is 0 Å². The molecule has 3 rings (SSSR count). The normalized spacial score (nSPS) is 10.3. The van der Waals surface area contributed by atoms with Gasteiger partial charge in [-0.15, -0.1) is 11.3 Å². The Morgan fingerprint density at radius 2 is 1.68 bits per heavy atom. The molecule has 25 heavy (non-hydrogen) atoms. The number of nitrogens with zero attached hydrogens (tertiary/aromatic N) is 2. The third kappa shape index (κ3) is 4.30. The summed E-state index contributed by atoms with van der Waals surface area (Å²) in [6.07, 6.45) is 0.184. The minimum absolute atomic E-state index is 0.0579. The Morgan fingerprint density at radius 3 is 2.36 bits per heavy atom. The number of carbonyl (C=O) groups is 2. The van der Waals surface area contributed by atoms with Gasteiger partial charge in [0.1, 0.15) is 0 Å². The molecule has 0 fully saturated rings. The van der Waals surface area contributed by atoms with Gasteiger partial charge in [0.2, 0.25) is 5.91 Å². The average molecular weight is 351 g/mol. The van der Waals surface area contributed by atoms with Gasteiger partial charge in [-0.2, -0.15) is 0 Å². The van der Waals surface area contributed by atoms with Gasteiger partial charge in [0.15, 0.2) is 5.13 Å². The molecule has 2 amide bonds. The van der Waals surface area contributed by atoms with E-state index in [0.717, 1.165) is 5.69 Å². The number of hydrogen-bond acceptors (Lipinski definition) is 4. The fraction of sp³-hybridized carbons (Fsp3) is 0.105. The van der Waals surface area contributed by atoms with Crippen molar-refractivity contribution in [3.8, 4) is 0 Å². The quantitative estimate of drug-likeness (QED) is 0.764. The van der Waals surface area contributed by atoms with E-state index in [4.69, 9.17) is 0 Å². The van der Waals surface area contributed by atoms with Crippen molar-refractivity contribution in [2.45, 2.75) is 6.42 Å². The number of aromatic nitrogens is 1. The highest BCUT2D eigenvalue weighted by Gasteiger charge is 2.14. The second kappa shape index (κ2) is 7.72. The Labute approximate surface area is 149 Å². The lowest BCUT2D eigenvalue weighted by Crippen LogP contribution is -2.27. The topological polar surface area (TPSA) is 62.3 Å². The number of anilines is 2. The number of hydrogen-bond donors (Lipinski definition) is 1. The van der Waals surface area contributed by atoms with Gasteiger partial charge in [-0.25, -0.2) is 4.98 Å². The lowest BCUT2D eigenvalue weighted by molar-refractivity contribution is -0.117. The summed E-state index contributed by atoms with van der Waals surface area (Å²) in [6, 6.07) is 18.4. The minimum Gasteiger partial charge on any atom is -0.315 e. The Hall–Kier alpha value is -2.99. The van der Waals surface area contributed by atoms with Crippen LogP contribution in [0.2, 0.25) is 0 Å². The van der Waals surface area contributed by atoms with Gasteiger partial charge >= 0.3 is 0 Å². The molecule has 0 spiro atoms. The predicted molar refractivity (Wildman–Crippen MR) is 100 cm³/mol. The van der Waals surface area contributed by atoms with Crippen molar-refractivity contribution in [2.75, 3.05) is 17.3 Å². The van der Waals surface area contributed by atoms with Crippen molar-refractivity contribution in [2.24, 2.45) is 0 Å². The molecule has 0 saturated heterocycles.